The molecule has 0 atom stereocenters. The monoisotopic (exact) mass is 437 g/mol. The molecule has 2 amide bonds. The molecule has 4 aromatic rings. The Morgan fingerprint density at radius 1 is 0.909 bits per heavy atom. The third-order valence-electron chi connectivity index (χ3n) is 5.44. The minimum atomic E-state index is -0.366. The quantitative estimate of drug-likeness (QED) is 0.453. The van der Waals surface area contributed by atoms with Crippen LogP contribution >= 0.6 is 0 Å². The number of nitrogens with one attached hydrogen (secondary N) is 2. The lowest BCUT2D eigenvalue weighted by molar-refractivity contribution is -0.117. The van der Waals surface area contributed by atoms with Crippen LogP contribution in [0.15, 0.2) is 84.9 Å². The predicted octanol–water partition coefficient (Wildman–Crippen LogP) is 4.21. The van der Waals surface area contributed by atoms with Gasteiger partial charge in [-0.05, 0) is 42.7 Å². The molecular weight excluding hydrogens is 414 g/mol. The highest BCUT2D eigenvalue weighted by molar-refractivity contribution is 5.94. The SMILES string of the molecule is O=C(NCc1cccc(NC(=O)C2CC2)c1)c1nc(-c2ccccc2)n(-c2ccccc2)n1. The average molecular weight is 438 g/mol. The van der Waals surface area contributed by atoms with Crippen molar-refractivity contribution in [2.24, 2.45) is 5.92 Å². The first kappa shape index (κ1) is 20.6. The summed E-state index contributed by atoms with van der Waals surface area (Å²) in [6, 6.07) is 26.7. The number of hydrogen-bond donors (Lipinski definition) is 2. The van der Waals surface area contributed by atoms with Crippen molar-refractivity contribution < 1.29 is 9.59 Å². The summed E-state index contributed by atoms with van der Waals surface area (Å²) in [4.78, 5) is 29.4. The van der Waals surface area contributed by atoms with Gasteiger partial charge in [0.1, 0.15) is 0 Å². The van der Waals surface area contributed by atoms with E-state index in [1.165, 1.54) is 0 Å². The van der Waals surface area contributed by atoms with Crippen molar-refractivity contribution in [3.05, 3.63) is 96.3 Å². The first-order valence-electron chi connectivity index (χ1n) is 10.9. The zero-order valence-corrected chi connectivity index (χ0v) is 17.9. The molecule has 7 nitrogen and oxygen atoms in total. The van der Waals surface area contributed by atoms with E-state index in [0.29, 0.717) is 12.4 Å². The highest BCUT2D eigenvalue weighted by Gasteiger charge is 2.29. The number of nitrogens with zero attached hydrogens (tertiary/aromatic N) is 3. The topological polar surface area (TPSA) is 88.9 Å². The van der Waals surface area contributed by atoms with Gasteiger partial charge < -0.3 is 10.6 Å². The van der Waals surface area contributed by atoms with E-state index >= 15 is 0 Å². The minimum absolute atomic E-state index is 0.0558. The van der Waals surface area contributed by atoms with Crippen molar-refractivity contribution in [1.82, 2.24) is 20.1 Å². The summed E-state index contributed by atoms with van der Waals surface area (Å²) in [6.45, 7) is 0.298. The van der Waals surface area contributed by atoms with Crippen LogP contribution in [-0.4, -0.2) is 26.6 Å². The summed E-state index contributed by atoms with van der Waals surface area (Å²) >= 11 is 0. The second-order valence-corrected chi connectivity index (χ2v) is 8.02. The number of hydrogen-bond acceptors (Lipinski definition) is 4. The molecule has 0 aliphatic heterocycles. The average Bonchev–Trinajstić information content (AvgIpc) is 3.62. The fourth-order valence-electron chi connectivity index (χ4n) is 3.54. The molecule has 0 bridgehead atoms. The Morgan fingerprint density at radius 2 is 1.64 bits per heavy atom. The lowest BCUT2D eigenvalue weighted by Crippen LogP contribution is -2.24. The normalized spacial score (nSPS) is 12.8. The molecule has 5 rings (SSSR count). The molecule has 1 aromatic heterocycles. The van der Waals surface area contributed by atoms with Gasteiger partial charge in [-0.2, -0.15) is 0 Å². The van der Waals surface area contributed by atoms with Gasteiger partial charge in [-0.15, -0.1) is 5.10 Å². The number of carbonyl (C=O) groups is 2. The molecule has 3 aromatic carbocycles. The first-order chi connectivity index (χ1) is 16.2. The van der Waals surface area contributed by atoms with Crippen molar-refractivity contribution in [2.75, 3.05) is 5.32 Å². The molecule has 1 fully saturated rings. The van der Waals surface area contributed by atoms with Gasteiger partial charge in [0, 0.05) is 23.7 Å². The Labute approximate surface area is 191 Å². The molecule has 7 heteroatoms. The fraction of sp³-hybridized carbons (Fsp3) is 0.154. The van der Waals surface area contributed by atoms with Crippen LogP contribution in [-0.2, 0) is 11.3 Å². The third kappa shape index (κ3) is 4.82. The smallest absolute Gasteiger partial charge is 0.291 e. The molecule has 0 saturated heterocycles. The fourth-order valence-corrected chi connectivity index (χ4v) is 3.54. The Morgan fingerprint density at radius 3 is 2.36 bits per heavy atom. The van der Waals surface area contributed by atoms with Gasteiger partial charge in [-0.1, -0.05) is 60.7 Å². The van der Waals surface area contributed by atoms with E-state index in [1.807, 2.05) is 84.9 Å². The van der Waals surface area contributed by atoms with E-state index in [4.69, 9.17) is 0 Å². The Hall–Kier alpha value is -4.26. The van der Waals surface area contributed by atoms with Crippen LogP contribution < -0.4 is 10.6 Å². The van der Waals surface area contributed by atoms with Crippen molar-refractivity contribution in [1.29, 1.82) is 0 Å². The maximum atomic E-state index is 12.9. The lowest BCUT2D eigenvalue weighted by atomic mass is 10.2. The maximum Gasteiger partial charge on any atom is 0.291 e. The van der Waals surface area contributed by atoms with Gasteiger partial charge in [0.2, 0.25) is 11.7 Å². The molecule has 33 heavy (non-hydrogen) atoms. The van der Waals surface area contributed by atoms with Crippen LogP contribution in [0.2, 0.25) is 0 Å². The number of amides is 2. The molecule has 1 aliphatic rings. The number of para-hydroxylation sites is 1. The minimum Gasteiger partial charge on any atom is -0.345 e. The van der Waals surface area contributed by atoms with Crippen LogP contribution in [0.1, 0.15) is 29.0 Å². The Kier molecular flexibility index (Phi) is 5.68. The number of aromatic nitrogens is 3. The maximum absolute atomic E-state index is 12.9. The predicted molar refractivity (Wildman–Crippen MR) is 126 cm³/mol. The van der Waals surface area contributed by atoms with Gasteiger partial charge in [-0.3, -0.25) is 9.59 Å². The van der Waals surface area contributed by atoms with E-state index in [1.54, 1.807) is 4.68 Å². The lowest BCUT2D eigenvalue weighted by Gasteiger charge is -2.07. The second-order valence-electron chi connectivity index (χ2n) is 8.02. The summed E-state index contributed by atoms with van der Waals surface area (Å²) in [7, 11) is 0. The molecule has 0 unspecified atom stereocenters. The summed E-state index contributed by atoms with van der Waals surface area (Å²) in [5, 5.41) is 10.3. The van der Waals surface area contributed by atoms with Gasteiger partial charge in [0.25, 0.3) is 5.91 Å². The number of rotatable bonds is 7. The van der Waals surface area contributed by atoms with Gasteiger partial charge in [0.15, 0.2) is 5.82 Å². The zero-order valence-electron chi connectivity index (χ0n) is 17.9. The van der Waals surface area contributed by atoms with Crippen LogP contribution in [0.25, 0.3) is 17.1 Å². The van der Waals surface area contributed by atoms with E-state index < -0.39 is 0 Å². The molecular formula is C26H23N5O2. The molecule has 164 valence electrons. The summed E-state index contributed by atoms with van der Waals surface area (Å²) in [6.07, 6.45) is 1.91. The summed E-state index contributed by atoms with van der Waals surface area (Å²) in [5.74, 6) is 0.514. The van der Waals surface area contributed by atoms with Gasteiger partial charge >= 0.3 is 0 Å². The number of anilines is 1. The molecule has 0 spiro atoms. The number of carbonyl (C=O) groups excluding carboxylic acids is 2. The second kappa shape index (κ2) is 9.08. The van der Waals surface area contributed by atoms with E-state index in [0.717, 1.165) is 35.3 Å². The van der Waals surface area contributed by atoms with Crippen LogP contribution in [0.5, 0.6) is 0 Å². The Bertz CT molecular complexity index is 1220. The summed E-state index contributed by atoms with van der Waals surface area (Å²) in [5.41, 5.74) is 3.30. The van der Waals surface area contributed by atoms with Crippen molar-refractivity contribution in [3.63, 3.8) is 0 Å². The first-order valence-corrected chi connectivity index (χ1v) is 10.9. The summed E-state index contributed by atoms with van der Waals surface area (Å²) < 4.78 is 1.68. The van der Waals surface area contributed by atoms with Gasteiger partial charge in [-0.25, -0.2) is 9.67 Å². The largest absolute Gasteiger partial charge is 0.345 e. The van der Waals surface area contributed by atoms with Crippen LogP contribution in [0, 0.1) is 5.92 Å². The molecule has 0 radical (unpaired) electrons. The highest BCUT2D eigenvalue weighted by atomic mass is 16.2. The van der Waals surface area contributed by atoms with Gasteiger partial charge in [0.05, 0.1) is 5.69 Å². The third-order valence-corrected chi connectivity index (χ3v) is 5.44. The standard InChI is InChI=1S/C26H23N5O2/c32-25(20-14-15-20)28-21-11-7-8-18(16-21)17-27-26(33)23-29-24(19-9-3-1-4-10-19)31(30-23)22-12-5-2-6-13-22/h1-13,16,20H,14-15,17H2,(H,27,33)(H,28,32). The molecule has 1 heterocycles. The highest BCUT2D eigenvalue weighted by Crippen LogP contribution is 2.30. The molecule has 1 aliphatic carbocycles. The van der Waals surface area contributed by atoms with Crippen molar-refractivity contribution in [2.45, 2.75) is 19.4 Å². The van der Waals surface area contributed by atoms with E-state index in [2.05, 4.69) is 20.7 Å². The van der Waals surface area contributed by atoms with E-state index in [-0.39, 0.29) is 23.6 Å². The zero-order chi connectivity index (χ0) is 22.6. The number of benzene rings is 3. The van der Waals surface area contributed by atoms with Crippen molar-refractivity contribution in [3.8, 4) is 17.1 Å². The van der Waals surface area contributed by atoms with Crippen LogP contribution in [0.3, 0.4) is 0 Å². The van der Waals surface area contributed by atoms with E-state index in [9.17, 15) is 9.59 Å². The van der Waals surface area contributed by atoms with Crippen LogP contribution in [0.4, 0.5) is 5.69 Å². The molecule has 2 N–H and O–H groups in total. The molecule has 1 saturated carbocycles. The van der Waals surface area contributed by atoms with Crippen molar-refractivity contribution >= 4 is 17.5 Å². The Balaban J connectivity index is 1.34.